The topological polar surface area (TPSA) is 57.6 Å². The summed E-state index contributed by atoms with van der Waals surface area (Å²) in [5, 5.41) is 9.18. The van der Waals surface area contributed by atoms with Crippen LogP contribution in [0.1, 0.15) is 161 Å². The maximum absolute atomic E-state index is 12.2. The number of carbonyl (C=O) groups excluding carboxylic acids is 1. The summed E-state index contributed by atoms with van der Waals surface area (Å²) >= 11 is 0. The Bertz CT molecular complexity index is 479. The monoisotopic (exact) mass is 465 g/mol. The first-order valence-corrected chi connectivity index (χ1v) is 14.7. The highest BCUT2D eigenvalue weighted by Crippen LogP contribution is 2.20. The molecule has 1 heterocycles. The third-order valence-electron chi connectivity index (χ3n) is 7.35. The molecule has 0 aliphatic carbocycles. The molecule has 0 aromatic rings. The van der Waals surface area contributed by atoms with Crippen molar-refractivity contribution in [2.24, 2.45) is 0 Å². The number of amides is 1. The molecule has 1 aliphatic heterocycles. The highest BCUT2D eigenvalue weighted by Gasteiger charge is 2.33. The van der Waals surface area contributed by atoms with E-state index in [4.69, 9.17) is 0 Å². The normalized spacial score (nSPS) is 15.9. The highest BCUT2D eigenvalue weighted by atomic mass is 16.4. The lowest BCUT2D eigenvalue weighted by Gasteiger charge is -2.21. The zero-order chi connectivity index (χ0) is 24.0. The van der Waals surface area contributed by atoms with E-state index in [9.17, 15) is 14.7 Å². The van der Waals surface area contributed by atoms with E-state index in [0.717, 1.165) is 19.3 Å². The van der Waals surface area contributed by atoms with Crippen LogP contribution in [0.25, 0.3) is 0 Å². The van der Waals surface area contributed by atoms with Crippen molar-refractivity contribution in [2.45, 2.75) is 167 Å². The van der Waals surface area contributed by atoms with Crippen LogP contribution in [0.3, 0.4) is 0 Å². The molecule has 194 valence electrons. The molecular formula is C29H55NO3. The molecular weight excluding hydrogens is 410 g/mol. The minimum absolute atomic E-state index is 0.0395. The molecule has 1 atom stereocenters. The van der Waals surface area contributed by atoms with Crippen LogP contribution in [-0.4, -0.2) is 34.5 Å². The molecule has 0 aromatic heterocycles. The summed E-state index contributed by atoms with van der Waals surface area (Å²) in [6.07, 6.45) is 30.5. The van der Waals surface area contributed by atoms with E-state index < -0.39 is 12.0 Å². The van der Waals surface area contributed by atoms with E-state index in [0.29, 0.717) is 19.4 Å². The Morgan fingerprint density at radius 1 is 0.636 bits per heavy atom. The number of unbranched alkanes of at least 4 members (excludes halogenated alkanes) is 20. The van der Waals surface area contributed by atoms with Gasteiger partial charge in [-0.25, -0.2) is 4.79 Å². The Hall–Kier alpha value is -1.06. The van der Waals surface area contributed by atoms with Gasteiger partial charge in [-0.1, -0.05) is 135 Å². The molecule has 0 radical (unpaired) electrons. The van der Waals surface area contributed by atoms with Crippen molar-refractivity contribution in [2.75, 3.05) is 6.54 Å². The number of nitrogens with zero attached hydrogens (tertiary/aromatic N) is 1. The van der Waals surface area contributed by atoms with Gasteiger partial charge in [0.1, 0.15) is 6.04 Å². The van der Waals surface area contributed by atoms with Crippen molar-refractivity contribution in [1.29, 1.82) is 0 Å². The standard InChI is InChI=1S/C29H55NO3/c1-2-3-4-5-6-7-8-9-10-11-12-13-14-15-16-17-18-19-20-21-22-25-28(31)30-26-23-24-27(30)29(32)33/h27H,2-26H2,1H3,(H,32,33)/t27-/m0/s1. The van der Waals surface area contributed by atoms with Crippen LogP contribution >= 0.6 is 0 Å². The highest BCUT2D eigenvalue weighted by molar-refractivity contribution is 5.84. The number of aliphatic carboxylic acids is 1. The van der Waals surface area contributed by atoms with Gasteiger partial charge in [0.2, 0.25) is 5.91 Å². The molecule has 1 fully saturated rings. The van der Waals surface area contributed by atoms with Gasteiger partial charge in [0.05, 0.1) is 0 Å². The molecule has 4 nitrogen and oxygen atoms in total. The lowest BCUT2D eigenvalue weighted by Crippen LogP contribution is -2.40. The van der Waals surface area contributed by atoms with Gasteiger partial charge in [-0.05, 0) is 19.3 Å². The number of rotatable bonds is 23. The Morgan fingerprint density at radius 2 is 1.00 bits per heavy atom. The van der Waals surface area contributed by atoms with E-state index in [-0.39, 0.29) is 5.91 Å². The minimum atomic E-state index is -0.848. The average molecular weight is 466 g/mol. The van der Waals surface area contributed by atoms with Crippen LogP contribution in [0.15, 0.2) is 0 Å². The predicted octanol–water partition coefficient (Wildman–Crippen LogP) is 8.66. The van der Waals surface area contributed by atoms with Gasteiger partial charge in [0, 0.05) is 13.0 Å². The van der Waals surface area contributed by atoms with Crippen molar-refractivity contribution < 1.29 is 14.7 Å². The summed E-state index contributed by atoms with van der Waals surface area (Å²) < 4.78 is 0. The minimum Gasteiger partial charge on any atom is -0.480 e. The fraction of sp³-hybridized carbons (Fsp3) is 0.931. The first-order chi connectivity index (χ1) is 16.2. The lowest BCUT2D eigenvalue weighted by molar-refractivity contribution is -0.148. The molecule has 0 spiro atoms. The van der Waals surface area contributed by atoms with Gasteiger partial charge in [-0.15, -0.1) is 0 Å². The van der Waals surface area contributed by atoms with Crippen LogP contribution in [0, 0.1) is 0 Å². The molecule has 1 amide bonds. The second-order valence-corrected chi connectivity index (χ2v) is 10.4. The van der Waals surface area contributed by atoms with Crippen LogP contribution in [0.2, 0.25) is 0 Å². The maximum Gasteiger partial charge on any atom is 0.326 e. The van der Waals surface area contributed by atoms with Gasteiger partial charge >= 0.3 is 5.97 Å². The number of likely N-dealkylation sites (tertiary alicyclic amines) is 1. The van der Waals surface area contributed by atoms with Crippen molar-refractivity contribution >= 4 is 11.9 Å². The van der Waals surface area contributed by atoms with Crippen molar-refractivity contribution in [1.82, 2.24) is 4.90 Å². The fourth-order valence-corrected chi connectivity index (χ4v) is 5.17. The second kappa shape index (κ2) is 21.5. The summed E-state index contributed by atoms with van der Waals surface area (Å²) in [5.41, 5.74) is 0. The van der Waals surface area contributed by atoms with Crippen molar-refractivity contribution in [3.05, 3.63) is 0 Å². The van der Waals surface area contributed by atoms with Crippen LogP contribution in [0.5, 0.6) is 0 Å². The Labute approximate surface area is 205 Å². The Balaban J connectivity index is 1.75. The van der Waals surface area contributed by atoms with Gasteiger partial charge in [-0.3, -0.25) is 4.79 Å². The van der Waals surface area contributed by atoms with Gasteiger partial charge in [0.25, 0.3) is 0 Å². The van der Waals surface area contributed by atoms with E-state index in [1.165, 1.54) is 122 Å². The number of hydrogen-bond acceptors (Lipinski definition) is 2. The summed E-state index contributed by atoms with van der Waals surface area (Å²) in [6, 6.07) is -0.576. The van der Waals surface area contributed by atoms with Crippen LogP contribution < -0.4 is 0 Å². The van der Waals surface area contributed by atoms with Gasteiger partial charge < -0.3 is 10.0 Å². The molecule has 33 heavy (non-hydrogen) atoms. The van der Waals surface area contributed by atoms with E-state index in [2.05, 4.69) is 6.92 Å². The molecule has 4 heteroatoms. The quantitative estimate of drug-likeness (QED) is 0.154. The molecule has 0 aromatic carbocycles. The first kappa shape index (κ1) is 30.0. The van der Waals surface area contributed by atoms with Crippen LogP contribution in [0.4, 0.5) is 0 Å². The zero-order valence-corrected chi connectivity index (χ0v) is 22.0. The summed E-state index contributed by atoms with van der Waals surface area (Å²) in [6.45, 7) is 2.91. The van der Waals surface area contributed by atoms with Gasteiger partial charge in [0.15, 0.2) is 0 Å². The van der Waals surface area contributed by atoms with E-state index in [1.807, 2.05) is 0 Å². The summed E-state index contributed by atoms with van der Waals surface area (Å²) in [5.74, 6) is -0.808. The largest absolute Gasteiger partial charge is 0.480 e. The molecule has 0 saturated carbocycles. The zero-order valence-electron chi connectivity index (χ0n) is 22.0. The van der Waals surface area contributed by atoms with Crippen LogP contribution in [-0.2, 0) is 9.59 Å². The van der Waals surface area contributed by atoms with Gasteiger partial charge in [-0.2, -0.15) is 0 Å². The number of hydrogen-bond donors (Lipinski definition) is 1. The predicted molar refractivity (Wildman–Crippen MR) is 140 cm³/mol. The third kappa shape index (κ3) is 16.2. The number of carboxylic acid groups (broad SMARTS) is 1. The molecule has 1 N–H and O–H groups in total. The maximum atomic E-state index is 12.2. The number of carboxylic acids is 1. The third-order valence-corrected chi connectivity index (χ3v) is 7.35. The van der Waals surface area contributed by atoms with E-state index in [1.54, 1.807) is 4.90 Å². The Morgan fingerprint density at radius 3 is 1.36 bits per heavy atom. The van der Waals surface area contributed by atoms with E-state index >= 15 is 0 Å². The second-order valence-electron chi connectivity index (χ2n) is 10.4. The SMILES string of the molecule is CCCCCCCCCCCCCCCCCCCCCCCC(=O)N1CCC[C@H]1C(=O)O. The summed E-state index contributed by atoms with van der Waals surface area (Å²) in [7, 11) is 0. The Kier molecular flexibility index (Phi) is 19.5. The summed E-state index contributed by atoms with van der Waals surface area (Å²) in [4.78, 5) is 25.0. The number of carbonyl (C=O) groups is 2. The molecule has 1 aliphatic rings. The lowest BCUT2D eigenvalue weighted by atomic mass is 10.0. The molecule has 1 saturated heterocycles. The molecule has 1 rings (SSSR count). The smallest absolute Gasteiger partial charge is 0.326 e. The first-order valence-electron chi connectivity index (χ1n) is 14.7. The van der Waals surface area contributed by atoms with Crippen molar-refractivity contribution in [3.63, 3.8) is 0 Å². The van der Waals surface area contributed by atoms with Crippen molar-refractivity contribution in [3.8, 4) is 0 Å². The molecule has 0 unspecified atom stereocenters. The average Bonchev–Trinajstić information content (AvgIpc) is 3.30. The fourth-order valence-electron chi connectivity index (χ4n) is 5.17. The molecule has 0 bridgehead atoms.